The molecule has 1 aromatic rings. The lowest BCUT2D eigenvalue weighted by molar-refractivity contribution is -0.150. The molecule has 0 saturated carbocycles. The molecule has 0 bridgehead atoms. The van der Waals surface area contributed by atoms with Crippen molar-refractivity contribution >= 4 is 39.4 Å². The molecular formula is C18H21BrN2O4. The molecule has 2 aliphatic heterocycles. The van der Waals surface area contributed by atoms with Gasteiger partial charge in [-0.15, -0.1) is 0 Å². The minimum absolute atomic E-state index is 0.157. The van der Waals surface area contributed by atoms with E-state index in [1.54, 1.807) is 31.2 Å². The van der Waals surface area contributed by atoms with Gasteiger partial charge < -0.3 is 4.74 Å². The average Bonchev–Trinajstić information content (AvgIpc) is 2.91. The van der Waals surface area contributed by atoms with Gasteiger partial charge >= 0.3 is 5.97 Å². The van der Waals surface area contributed by atoms with Crippen LogP contribution in [0.3, 0.4) is 0 Å². The Morgan fingerprint density at radius 2 is 2.00 bits per heavy atom. The number of anilines is 1. The maximum absolute atomic E-state index is 12.8. The minimum Gasteiger partial charge on any atom is -0.466 e. The van der Waals surface area contributed by atoms with Crippen molar-refractivity contribution in [3.05, 3.63) is 28.7 Å². The van der Waals surface area contributed by atoms with Crippen molar-refractivity contribution < 1.29 is 19.1 Å². The number of rotatable bonds is 4. The Balaban J connectivity index is 1.73. The molecule has 0 N–H and O–H groups in total. The molecule has 2 saturated heterocycles. The van der Waals surface area contributed by atoms with Crippen LogP contribution in [0.1, 0.15) is 26.2 Å². The van der Waals surface area contributed by atoms with Crippen LogP contribution in [-0.2, 0) is 19.1 Å². The van der Waals surface area contributed by atoms with Gasteiger partial charge in [-0.25, -0.2) is 4.90 Å². The number of carbonyl (C=O) groups is 3. The number of halogens is 1. The van der Waals surface area contributed by atoms with Gasteiger partial charge in [-0.2, -0.15) is 0 Å². The first kappa shape index (κ1) is 18.1. The molecule has 3 rings (SSSR count). The van der Waals surface area contributed by atoms with E-state index < -0.39 is 6.04 Å². The number of esters is 1. The summed E-state index contributed by atoms with van der Waals surface area (Å²) in [4.78, 5) is 40.5. The van der Waals surface area contributed by atoms with E-state index in [0.29, 0.717) is 25.4 Å². The van der Waals surface area contributed by atoms with Gasteiger partial charge in [-0.05, 0) is 50.6 Å². The van der Waals surface area contributed by atoms with Crippen LogP contribution < -0.4 is 4.90 Å². The van der Waals surface area contributed by atoms with E-state index in [0.717, 1.165) is 17.3 Å². The van der Waals surface area contributed by atoms with E-state index in [4.69, 9.17) is 4.74 Å². The van der Waals surface area contributed by atoms with Gasteiger partial charge in [0.2, 0.25) is 5.91 Å². The predicted molar refractivity (Wildman–Crippen MR) is 96.0 cm³/mol. The molecule has 2 aliphatic rings. The molecule has 6 nitrogen and oxygen atoms in total. The first-order valence-corrected chi connectivity index (χ1v) is 9.33. The second kappa shape index (κ2) is 7.66. The van der Waals surface area contributed by atoms with Gasteiger partial charge in [0.05, 0.1) is 30.7 Å². The van der Waals surface area contributed by atoms with Crippen LogP contribution in [0.2, 0.25) is 0 Å². The fourth-order valence-electron chi connectivity index (χ4n) is 3.50. The molecule has 0 aromatic heterocycles. The molecule has 2 heterocycles. The summed E-state index contributed by atoms with van der Waals surface area (Å²) >= 11 is 3.35. The second-order valence-corrected chi connectivity index (χ2v) is 7.27. The van der Waals surface area contributed by atoms with Crippen LogP contribution in [0.25, 0.3) is 0 Å². The Kier molecular flexibility index (Phi) is 5.54. The summed E-state index contributed by atoms with van der Waals surface area (Å²) in [6.45, 7) is 3.33. The molecule has 0 radical (unpaired) electrons. The van der Waals surface area contributed by atoms with E-state index in [1.165, 1.54) is 4.90 Å². The normalized spacial score (nSPS) is 24.6. The van der Waals surface area contributed by atoms with E-state index >= 15 is 0 Å². The second-order valence-electron chi connectivity index (χ2n) is 6.35. The zero-order valence-corrected chi connectivity index (χ0v) is 15.7. The number of likely N-dealkylation sites (tertiary alicyclic amines) is 1. The third-order valence-corrected chi connectivity index (χ3v) is 5.25. The third kappa shape index (κ3) is 3.77. The molecule has 0 spiro atoms. The quantitative estimate of drug-likeness (QED) is 0.564. The van der Waals surface area contributed by atoms with Crippen molar-refractivity contribution in [3.8, 4) is 0 Å². The van der Waals surface area contributed by atoms with Crippen molar-refractivity contribution in [1.82, 2.24) is 4.90 Å². The molecule has 7 heteroatoms. The number of imide groups is 1. The Bertz CT molecular complexity index is 676. The molecule has 2 atom stereocenters. The Morgan fingerprint density at radius 3 is 2.68 bits per heavy atom. The van der Waals surface area contributed by atoms with Gasteiger partial charge in [0.1, 0.15) is 0 Å². The summed E-state index contributed by atoms with van der Waals surface area (Å²) < 4.78 is 6.00. The Hall–Kier alpha value is -1.73. The molecule has 134 valence electrons. The summed E-state index contributed by atoms with van der Waals surface area (Å²) in [5, 5.41) is 0. The van der Waals surface area contributed by atoms with Crippen LogP contribution in [-0.4, -0.2) is 48.4 Å². The molecule has 2 fully saturated rings. The fourth-order valence-corrected chi connectivity index (χ4v) is 3.77. The van der Waals surface area contributed by atoms with Crippen LogP contribution in [0.15, 0.2) is 28.7 Å². The van der Waals surface area contributed by atoms with E-state index in [9.17, 15) is 14.4 Å². The number of hydrogen-bond acceptors (Lipinski definition) is 5. The monoisotopic (exact) mass is 408 g/mol. The van der Waals surface area contributed by atoms with Crippen molar-refractivity contribution in [2.45, 2.75) is 32.2 Å². The number of carbonyl (C=O) groups excluding carboxylic acids is 3. The number of amides is 2. The molecule has 0 aliphatic carbocycles. The summed E-state index contributed by atoms with van der Waals surface area (Å²) in [5.74, 6) is -0.848. The molecule has 2 amide bonds. The van der Waals surface area contributed by atoms with Gasteiger partial charge in [-0.3, -0.25) is 19.3 Å². The molecule has 25 heavy (non-hydrogen) atoms. The molecule has 1 aromatic carbocycles. The predicted octanol–water partition coefficient (Wildman–Crippen LogP) is 2.36. The lowest BCUT2D eigenvalue weighted by Crippen LogP contribution is -2.48. The van der Waals surface area contributed by atoms with Crippen LogP contribution >= 0.6 is 15.9 Å². The van der Waals surface area contributed by atoms with Gasteiger partial charge in [0, 0.05) is 11.0 Å². The highest BCUT2D eigenvalue weighted by molar-refractivity contribution is 9.10. The number of benzene rings is 1. The number of ether oxygens (including phenoxy) is 1. The van der Waals surface area contributed by atoms with E-state index in [2.05, 4.69) is 15.9 Å². The summed E-state index contributed by atoms with van der Waals surface area (Å²) in [5.41, 5.74) is 0.583. The Morgan fingerprint density at radius 1 is 1.28 bits per heavy atom. The maximum Gasteiger partial charge on any atom is 0.310 e. The van der Waals surface area contributed by atoms with Crippen molar-refractivity contribution in [3.63, 3.8) is 0 Å². The number of nitrogens with zero attached hydrogens (tertiary/aromatic N) is 2. The SMILES string of the molecule is CCOC(=O)[C@@H]1CCCN([C@@H]2CC(=O)N(c3ccc(Br)cc3)C2=O)C1. The largest absolute Gasteiger partial charge is 0.466 e. The maximum atomic E-state index is 12.8. The van der Waals surface area contributed by atoms with E-state index in [-0.39, 0.29) is 30.1 Å². The van der Waals surface area contributed by atoms with E-state index in [1.807, 2.05) is 4.90 Å². The highest BCUT2D eigenvalue weighted by Gasteiger charge is 2.44. The van der Waals surface area contributed by atoms with Crippen molar-refractivity contribution in [1.29, 1.82) is 0 Å². The molecule has 0 unspecified atom stereocenters. The van der Waals surface area contributed by atoms with Crippen molar-refractivity contribution in [2.24, 2.45) is 5.92 Å². The van der Waals surface area contributed by atoms with Crippen LogP contribution in [0.4, 0.5) is 5.69 Å². The first-order valence-electron chi connectivity index (χ1n) is 8.54. The zero-order chi connectivity index (χ0) is 18.0. The summed E-state index contributed by atoms with van der Waals surface area (Å²) in [6.07, 6.45) is 1.74. The number of hydrogen-bond donors (Lipinski definition) is 0. The van der Waals surface area contributed by atoms with Crippen LogP contribution in [0.5, 0.6) is 0 Å². The van der Waals surface area contributed by atoms with Crippen LogP contribution in [0, 0.1) is 5.92 Å². The lowest BCUT2D eigenvalue weighted by atomic mass is 9.96. The highest BCUT2D eigenvalue weighted by atomic mass is 79.9. The van der Waals surface area contributed by atoms with Gasteiger partial charge in [0.25, 0.3) is 5.91 Å². The first-order chi connectivity index (χ1) is 12.0. The smallest absolute Gasteiger partial charge is 0.310 e. The summed E-state index contributed by atoms with van der Waals surface area (Å²) in [6, 6.07) is 6.62. The average molecular weight is 409 g/mol. The highest BCUT2D eigenvalue weighted by Crippen LogP contribution is 2.29. The number of piperidine rings is 1. The molecular weight excluding hydrogens is 388 g/mol. The van der Waals surface area contributed by atoms with Gasteiger partial charge in [0.15, 0.2) is 0 Å². The fraction of sp³-hybridized carbons (Fsp3) is 0.500. The summed E-state index contributed by atoms with van der Waals surface area (Å²) in [7, 11) is 0. The standard InChI is InChI=1S/C18H21BrN2O4/c1-2-25-18(24)12-4-3-9-20(11-12)15-10-16(22)21(17(15)23)14-7-5-13(19)6-8-14/h5-8,12,15H,2-4,9-11H2,1H3/t12-,15-/m1/s1. The third-order valence-electron chi connectivity index (χ3n) is 4.72. The minimum atomic E-state index is -0.492. The zero-order valence-electron chi connectivity index (χ0n) is 14.1. The van der Waals surface area contributed by atoms with Gasteiger partial charge in [-0.1, -0.05) is 15.9 Å². The lowest BCUT2D eigenvalue weighted by Gasteiger charge is -2.34. The topological polar surface area (TPSA) is 66.9 Å². The Labute approximate surface area is 155 Å². The van der Waals surface area contributed by atoms with Crippen molar-refractivity contribution in [2.75, 3.05) is 24.6 Å².